The van der Waals surface area contributed by atoms with Crippen LogP contribution in [0, 0.1) is 0 Å². The SMILES string of the molecule is CC(=O)c1ccc(NC(=O)[C@@H](C)N(C)Cc2ccc(Cl)c(Cl)c2)cc1. The summed E-state index contributed by atoms with van der Waals surface area (Å²) in [6, 6.07) is 11.9. The van der Waals surface area contributed by atoms with Gasteiger partial charge in [0.25, 0.3) is 0 Å². The minimum atomic E-state index is -0.345. The van der Waals surface area contributed by atoms with Crippen LogP contribution in [0.4, 0.5) is 5.69 Å². The predicted molar refractivity (Wildman–Crippen MR) is 102 cm³/mol. The minimum Gasteiger partial charge on any atom is -0.325 e. The number of hydrogen-bond acceptors (Lipinski definition) is 3. The van der Waals surface area contributed by atoms with Gasteiger partial charge in [-0.25, -0.2) is 0 Å². The number of anilines is 1. The Labute approximate surface area is 157 Å². The molecule has 0 fully saturated rings. The van der Waals surface area contributed by atoms with Crippen molar-refractivity contribution in [3.63, 3.8) is 0 Å². The van der Waals surface area contributed by atoms with Crippen LogP contribution in [-0.4, -0.2) is 29.7 Å². The first-order valence-electron chi connectivity index (χ1n) is 7.84. The van der Waals surface area contributed by atoms with Crippen LogP contribution < -0.4 is 5.32 Å². The second-order valence-electron chi connectivity index (χ2n) is 5.96. The lowest BCUT2D eigenvalue weighted by Crippen LogP contribution is -2.39. The van der Waals surface area contributed by atoms with Crippen molar-refractivity contribution in [3.8, 4) is 0 Å². The van der Waals surface area contributed by atoms with Crippen molar-refractivity contribution >= 4 is 40.6 Å². The summed E-state index contributed by atoms with van der Waals surface area (Å²) < 4.78 is 0. The largest absolute Gasteiger partial charge is 0.325 e. The predicted octanol–water partition coefficient (Wildman–Crippen LogP) is 4.66. The number of hydrogen-bond donors (Lipinski definition) is 1. The first-order chi connectivity index (χ1) is 11.8. The van der Waals surface area contributed by atoms with E-state index in [2.05, 4.69) is 5.32 Å². The van der Waals surface area contributed by atoms with E-state index in [4.69, 9.17) is 23.2 Å². The lowest BCUT2D eigenvalue weighted by atomic mass is 10.1. The van der Waals surface area contributed by atoms with Gasteiger partial charge in [-0.3, -0.25) is 14.5 Å². The molecule has 0 aliphatic carbocycles. The van der Waals surface area contributed by atoms with Gasteiger partial charge in [0.15, 0.2) is 5.78 Å². The molecule has 1 amide bonds. The van der Waals surface area contributed by atoms with Gasteiger partial charge in [0.1, 0.15) is 0 Å². The molecule has 2 aromatic carbocycles. The van der Waals surface area contributed by atoms with Crippen LogP contribution in [0.2, 0.25) is 10.0 Å². The fourth-order valence-electron chi connectivity index (χ4n) is 2.30. The number of carbonyl (C=O) groups excluding carboxylic acids is 2. The van der Waals surface area contributed by atoms with E-state index in [-0.39, 0.29) is 17.7 Å². The van der Waals surface area contributed by atoms with E-state index >= 15 is 0 Å². The van der Waals surface area contributed by atoms with Gasteiger partial charge in [-0.15, -0.1) is 0 Å². The molecule has 2 aromatic rings. The molecule has 2 rings (SSSR count). The molecule has 6 heteroatoms. The molecule has 0 radical (unpaired) electrons. The summed E-state index contributed by atoms with van der Waals surface area (Å²) >= 11 is 11.9. The number of nitrogens with zero attached hydrogens (tertiary/aromatic N) is 1. The van der Waals surface area contributed by atoms with Crippen LogP contribution >= 0.6 is 23.2 Å². The number of rotatable bonds is 6. The van der Waals surface area contributed by atoms with Crippen molar-refractivity contribution in [2.24, 2.45) is 0 Å². The average Bonchev–Trinajstić information content (AvgIpc) is 2.57. The second-order valence-corrected chi connectivity index (χ2v) is 6.78. The van der Waals surface area contributed by atoms with Crippen molar-refractivity contribution in [2.75, 3.05) is 12.4 Å². The highest BCUT2D eigenvalue weighted by atomic mass is 35.5. The summed E-state index contributed by atoms with van der Waals surface area (Å²) in [5.74, 6) is -0.134. The maximum Gasteiger partial charge on any atom is 0.241 e. The number of benzene rings is 2. The maximum atomic E-state index is 12.4. The molecule has 4 nitrogen and oxygen atoms in total. The highest BCUT2D eigenvalue weighted by molar-refractivity contribution is 6.42. The van der Waals surface area contributed by atoms with Gasteiger partial charge in [-0.05, 0) is 62.9 Å². The summed E-state index contributed by atoms with van der Waals surface area (Å²) in [7, 11) is 1.87. The van der Waals surface area contributed by atoms with Gasteiger partial charge in [0, 0.05) is 17.8 Å². The van der Waals surface area contributed by atoms with Gasteiger partial charge >= 0.3 is 0 Å². The Bertz CT molecular complexity index is 775. The molecule has 0 aliphatic heterocycles. The topological polar surface area (TPSA) is 49.4 Å². The zero-order chi connectivity index (χ0) is 18.6. The van der Waals surface area contributed by atoms with Gasteiger partial charge in [-0.2, -0.15) is 0 Å². The number of ketones is 1. The first-order valence-corrected chi connectivity index (χ1v) is 8.59. The molecule has 0 saturated heterocycles. The van der Waals surface area contributed by atoms with Crippen molar-refractivity contribution in [1.82, 2.24) is 4.90 Å². The van der Waals surface area contributed by atoms with Crippen molar-refractivity contribution in [2.45, 2.75) is 26.4 Å². The van der Waals surface area contributed by atoms with E-state index in [1.54, 1.807) is 36.4 Å². The van der Waals surface area contributed by atoms with Crippen molar-refractivity contribution < 1.29 is 9.59 Å². The number of nitrogens with one attached hydrogen (secondary N) is 1. The summed E-state index contributed by atoms with van der Waals surface area (Å²) in [6.45, 7) is 3.90. The Hall–Kier alpha value is -1.88. The minimum absolute atomic E-state index is 0.00685. The Morgan fingerprint density at radius 1 is 1.08 bits per heavy atom. The fourth-order valence-corrected chi connectivity index (χ4v) is 2.62. The third kappa shape index (κ3) is 5.30. The van der Waals surface area contributed by atoms with Crippen LogP contribution in [-0.2, 0) is 11.3 Å². The first kappa shape index (κ1) is 19.4. The maximum absolute atomic E-state index is 12.4. The molecular formula is C19H20Cl2N2O2. The number of Topliss-reactive ketones (excluding diaryl/α,β-unsaturated/α-hetero) is 1. The molecule has 0 unspecified atom stereocenters. The molecular weight excluding hydrogens is 359 g/mol. The van der Waals surface area contributed by atoms with E-state index in [0.717, 1.165) is 5.56 Å². The molecule has 132 valence electrons. The van der Waals surface area contributed by atoms with Crippen LogP contribution in [0.25, 0.3) is 0 Å². The van der Waals surface area contributed by atoms with Gasteiger partial charge < -0.3 is 5.32 Å². The zero-order valence-electron chi connectivity index (χ0n) is 14.3. The standard InChI is InChI=1S/C19H20Cl2N2O2/c1-12(23(3)11-14-4-9-17(20)18(21)10-14)19(25)22-16-7-5-15(6-8-16)13(2)24/h4-10,12H,11H2,1-3H3,(H,22,25)/t12-/m1/s1. The monoisotopic (exact) mass is 378 g/mol. The molecule has 0 aromatic heterocycles. The lowest BCUT2D eigenvalue weighted by molar-refractivity contribution is -0.120. The summed E-state index contributed by atoms with van der Waals surface area (Å²) in [4.78, 5) is 25.6. The summed E-state index contributed by atoms with van der Waals surface area (Å²) in [5.41, 5.74) is 2.25. The van der Waals surface area contributed by atoms with Crippen LogP contribution in [0.5, 0.6) is 0 Å². The normalized spacial score (nSPS) is 12.1. The highest BCUT2D eigenvalue weighted by Gasteiger charge is 2.18. The van der Waals surface area contributed by atoms with Crippen molar-refractivity contribution in [3.05, 3.63) is 63.6 Å². The van der Waals surface area contributed by atoms with Crippen LogP contribution in [0.15, 0.2) is 42.5 Å². The van der Waals surface area contributed by atoms with Crippen LogP contribution in [0.1, 0.15) is 29.8 Å². The Balaban J connectivity index is 1.98. The highest BCUT2D eigenvalue weighted by Crippen LogP contribution is 2.23. The summed E-state index contributed by atoms with van der Waals surface area (Å²) in [5, 5.41) is 3.86. The fraction of sp³-hybridized carbons (Fsp3) is 0.263. The zero-order valence-corrected chi connectivity index (χ0v) is 15.9. The van der Waals surface area contributed by atoms with E-state index < -0.39 is 0 Å². The number of amides is 1. The molecule has 1 atom stereocenters. The quantitative estimate of drug-likeness (QED) is 0.743. The Kier molecular flexibility index (Phi) is 6.59. The Morgan fingerprint density at radius 2 is 1.72 bits per heavy atom. The number of likely N-dealkylation sites (N-methyl/N-ethyl adjacent to an activating group) is 1. The van der Waals surface area contributed by atoms with E-state index in [1.165, 1.54) is 6.92 Å². The molecule has 0 heterocycles. The molecule has 1 N–H and O–H groups in total. The van der Waals surface area contributed by atoms with E-state index in [0.29, 0.717) is 27.8 Å². The summed E-state index contributed by atoms with van der Waals surface area (Å²) in [6.07, 6.45) is 0. The lowest BCUT2D eigenvalue weighted by Gasteiger charge is -2.24. The molecule has 0 bridgehead atoms. The van der Waals surface area contributed by atoms with E-state index in [9.17, 15) is 9.59 Å². The van der Waals surface area contributed by atoms with Gasteiger partial charge in [0.2, 0.25) is 5.91 Å². The van der Waals surface area contributed by atoms with Crippen LogP contribution in [0.3, 0.4) is 0 Å². The molecule has 0 spiro atoms. The van der Waals surface area contributed by atoms with Gasteiger partial charge in [0.05, 0.1) is 16.1 Å². The Morgan fingerprint density at radius 3 is 2.28 bits per heavy atom. The number of halogens is 2. The second kappa shape index (κ2) is 8.48. The third-order valence-corrected chi connectivity index (χ3v) is 4.75. The molecule has 0 saturated carbocycles. The average molecular weight is 379 g/mol. The smallest absolute Gasteiger partial charge is 0.241 e. The molecule has 25 heavy (non-hydrogen) atoms. The number of carbonyl (C=O) groups is 2. The van der Waals surface area contributed by atoms with Gasteiger partial charge in [-0.1, -0.05) is 29.3 Å². The van der Waals surface area contributed by atoms with E-state index in [1.807, 2.05) is 24.9 Å². The van der Waals surface area contributed by atoms with Crippen molar-refractivity contribution in [1.29, 1.82) is 0 Å². The third-order valence-electron chi connectivity index (χ3n) is 4.02. The molecule has 0 aliphatic rings.